The lowest BCUT2D eigenvalue weighted by Gasteiger charge is -2.36. The SMILES string of the molecule is COc1c(OC[C@@H](O)CN2C[C@@H](C)O[C@@H](C)C2)ccc2c1N=C(N)N1CCN=C21. The molecule has 29 heavy (non-hydrogen) atoms. The Balaban J connectivity index is 1.45. The van der Waals surface area contributed by atoms with E-state index < -0.39 is 6.10 Å². The molecule has 0 spiro atoms. The summed E-state index contributed by atoms with van der Waals surface area (Å²) < 4.78 is 17.2. The lowest BCUT2D eigenvalue weighted by Crippen LogP contribution is -2.48. The molecule has 3 aliphatic heterocycles. The molecule has 3 atom stereocenters. The number of ether oxygens (including phenoxy) is 3. The number of hydrogen-bond acceptors (Lipinski definition) is 9. The molecule has 3 aliphatic rings. The van der Waals surface area contributed by atoms with Gasteiger partial charge in [-0.1, -0.05) is 0 Å². The first-order chi connectivity index (χ1) is 14.0. The highest BCUT2D eigenvalue weighted by atomic mass is 16.5. The molecular formula is C20H29N5O4. The average molecular weight is 403 g/mol. The summed E-state index contributed by atoms with van der Waals surface area (Å²) in [6.07, 6.45) is -0.306. The third-order valence-electron chi connectivity index (χ3n) is 5.28. The fourth-order valence-electron chi connectivity index (χ4n) is 4.20. The van der Waals surface area contributed by atoms with Gasteiger partial charge in [-0.2, -0.15) is 0 Å². The summed E-state index contributed by atoms with van der Waals surface area (Å²) in [5.41, 5.74) is 7.59. The third kappa shape index (κ3) is 4.03. The van der Waals surface area contributed by atoms with Crippen LogP contribution in [-0.4, -0.2) is 91.5 Å². The number of nitrogens with two attached hydrogens (primary N) is 1. The number of aliphatic hydroxyl groups excluding tert-OH is 1. The van der Waals surface area contributed by atoms with E-state index in [1.165, 1.54) is 0 Å². The number of aliphatic imine (C=N–C) groups is 2. The van der Waals surface area contributed by atoms with Crippen LogP contribution in [0.3, 0.4) is 0 Å². The maximum atomic E-state index is 10.5. The van der Waals surface area contributed by atoms with Gasteiger partial charge < -0.3 is 25.1 Å². The molecule has 0 aromatic heterocycles. The molecule has 3 heterocycles. The number of fused-ring (bicyclic) bond motifs is 3. The van der Waals surface area contributed by atoms with Gasteiger partial charge in [0, 0.05) is 31.7 Å². The van der Waals surface area contributed by atoms with Crippen LogP contribution < -0.4 is 15.2 Å². The summed E-state index contributed by atoms with van der Waals surface area (Å²) in [5.74, 6) is 2.24. The van der Waals surface area contributed by atoms with Gasteiger partial charge in [0.1, 0.15) is 24.2 Å². The molecule has 4 rings (SSSR count). The van der Waals surface area contributed by atoms with Crippen LogP contribution in [0.2, 0.25) is 0 Å². The lowest BCUT2D eigenvalue weighted by molar-refractivity contribution is -0.0787. The Kier molecular flexibility index (Phi) is 5.62. The molecule has 0 unspecified atom stereocenters. The van der Waals surface area contributed by atoms with Gasteiger partial charge in [-0.15, -0.1) is 0 Å². The molecule has 0 aliphatic carbocycles. The Labute approximate surface area is 170 Å². The number of methoxy groups -OCH3 is 1. The van der Waals surface area contributed by atoms with E-state index in [2.05, 4.69) is 14.9 Å². The largest absolute Gasteiger partial charge is 0.491 e. The molecule has 1 aromatic rings. The molecule has 3 N–H and O–H groups in total. The maximum Gasteiger partial charge on any atom is 0.202 e. The zero-order valence-electron chi connectivity index (χ0n) is 17.2. The van der Waals surface area contributed by atoms with Crippen LogP contribution >= 0.6 is 0 Å². The molecule has 9 nitrogen and oxygen atoms in total. The van der Waals surface area contributed by atoms with E-state index in [1.807, 2.05) is 30.9 Å². The fraction of sp³-hybridized carbons (Fsp3) is 0.600. The van der Waals surface area contributed by atoms with Crippen molar-refractivity contribution in [3.05, 3.63) is 17.7 Å². The van der Waals surface area contributed by atoms with Gasteiger partial charge in [0.2, 0.25) is 5.96 Å². The van der Waals surface area contributed by atoms with E-state index in [0.29, 0.717) is 36.2 Å². The van der Waals surface area contributed by atoms with Crippen molar-refractivity contribution < 1.29 is 19.3 Å². The van der Waals surface area contributed by atoms with Crippen molar-refractivity contribution in [2.45, 2.75) is 32.2 Å². The maximum absolute atomic E-state index is 10.5. The fourth-order valence-corrected chi connectivity index (χ4v) is 4.20. The smallest absolute Gasteiger partial charge is 0.202 e. The van der Waals surface area contributed by atoms with Gasteiger partial charge in [-0.3, -0.25) is 14.8 Å². The highest BCUT2D eigenvalue weighted by Gasteiger charge is 2.31. The van der Waals surface area contributed by atoms with Crippen LogP contribution in [0.25, 0.3) is 0 Å². The van der Waals surface area contributed by atoms with Gasteiger partial charge in [0.25, 0.3) is 0 Å². The number of β-amino-alcohol motifs (C(OH)–C–C–N with tert-alkyl or cyclic N) is 1. The van der Waals surface area contributed by atoms with Gasteiger partial charge >= 0.3 is 0 Å². The average Bonchev–Trinajstić information content (AvgIpc) is 3.16. The Bertz CT molecular complexity index is 817. The molecule has 1 saturated heterocycles. The van der Waals surface area contributed by atoms with Crippen LogP contribution in [0.5, 0.6) is 11.5 Å². The standard InChI is InChI=1S/C20H29N5O4/c1-12-8-24(9-13(2)29-12)10-14(26)11-28-16-5-4-15-17(18(16)27-3)23-20(21)25-7-6-22-19(15)25/h4-5,12-14,26H,6-11H2,1-3H3,(H2,21,23)/t12-,13+,14-/m0/s1. The summed E-state index contributed by atoms with van der Waals surface area (Å²) in [5, 5.41) is 10.5. The minimum Gasteiger partial charge on any atom is -0.491 e. The Hall–Kier alpha value is -2.36. The van der Waals surface area contributed by atoms with Crippen molar-refractivity contribution in [1.82, 2.24) is 9.80 Å². The third-order valence-corrected chi connectivity index (χ3v) is 5.28. The number of guanidine groups is 1. The molecule has 1 fully saturated rings. The minimum atomic E-state index is -0.628. The second-order valence-corrected chi connectivity index (χ2v) is 7.76. The van der Waals surface area contributed by atoms with Crippen molar-refractivity contribution in [3.63, 3.8) is 0 Å². The van der Waals surface area contributed by atoms with E-state index in [1.54, 1.807) is 7.11 Å². The number of morpholine rings is 1. The molecule has 1 aromatic carbocycles. The molecule has 0 saturated carbocycles. The van der Waals surface area contributed by atoms with E-state index in [0.717, 1.165) is 31.0 Å². The first-order valence-electron chi connectivity index (χ1n) is 10.0. The van der Waals surface area contributed by atoms with E-state index in [9.17, 15) is 5.11 Å². The van der Waals surface area contributed by atoms with Crippen LogP contribution in [0, 0.1) is 0 Å². The summed E-state index contributed by atoms with van der Waals surface area (Å²) in [4.78, 5) is 13.1. The summed E-state index contributed by atoms with van der Waals surface area (Å²) >= 11 is 0. The predicted octanol–water partition coefficient (Wildman–Crippen LogP) is 0.566. The van der Waals surface area contributed by atoms with Crippen LogP contribution in [-0.2, 0) is 4.74 Å². The monoisotopic (exact) mass is 403 g/mol. The van der Waals surface area contributed by atoms with E-state index in [-0.39, 0.29) is 18.8 Å². The number of nitrogens with zero attached hydrogens (tertiary/aromatic N) is 4. The summed E-state index contributed by atoms with van der Waals surface area (Å²) in [6, 6.07) is 3.75. The number of hydrogen-bond donors (Lipinski definition) is 2. The van der Waals surface area contributed by atoms with E-state index in [4.69, 9.17) is 19.9 Å². The van der Waals surface area contributed by atoms with Crippen molar-refractivity contribution >= 4 is 17.5 Å². The van der Waals surface area contributed by atoms with Crippen LogP contribution in [0.15, 0.2) is 22.1 Å². The molecule has 0 radical (unpaired) electrons. The van der Waals surface area contributed by atoms with Crippen molar-refractivity contribution in [3.8, 4) is 11.5 Å². The normalized spacial score (nSPS) is 25.0. The second-order valence-electron chi connectivity index (χ2n) is 7.76. The number of benzene rings is 1. The van der Waals surface area contributed by atoms with Crippen molar-refractivity contribution in [2.24, 2.45) is 15.7 Å². The summed E-state index contributed by atoms with van der Waals surface area (Å²) in [6.45, 7) is 7.80. The number of amidine groups is 1. The zero-order valence-corrected chi connectivity index (χ0v) is 17.2. The van der Waals surface area contributed by atoms with Gasteiger partial charge in [0.05, 0.1) is 25.9 Å². The first-order valence-corrected chi connectivity index (χ1v) is 10.0. The van der Waals surface area contributed by atoms with E-state index >= 15 is 0 Å². The Morgan fingerprint density at radius 1 is 1.31 bits per heavy atom. The number of rotatable bonds is 6. The summed E-state index contributed by atoms with van der Waals surface area (Å²) in [7, 11) is 1.57. The Morgan fingerprint density at radius 3 is 2.79 bits per heavy atom. The predicted molar refractivity (Wildman–Crippen MR) is 110 cm³/mol. The van der Waals surface area contributed by atoms with Gasteiger partial charge in [0.15, 0.2) is 11.5 Å². The van der Waals surface area contributed by atoms with Crippen molar-refractivity contribution in [1.29, 1.82) is 0 Å². The Morgan fingerprint density at radius 2 is 2.07 bits per heavy atom. The van der Waals surface area contributed by atoms with Gasteiger partial charge in [-0.05, 0) is 26.0 Å². The highest BCUT2D eigenvalue weighted by molar-refractivity contribution is 6.16. The van der Waals surface area contributed by atoms with Crippen LogP contribution in [0.1, 0.15) is 19.4 Å². The van der Waals surface area contributed by atoms with Crippen molar-refractivity contribution in [2.75, 3.05) is 46.4 Å². The molecular weight excluding hydrogens is 374 g/mol. The lowest BCUT2D eigenvalue weighted by atomic mass is 10.1. The van der Waals surface area contributed by atoms with Gasteiger partial charge in [-0.25, -0.2) is 4.99 Å². The quantitative estimate of drug-likeness (QED) is 0.715. The van der Waals surface area contributed by atoms with Crippen LogP contribution in [0.4, 0.5) is 5.69 Å². The molecule has 0 bridgehead atoms. The molecule has 158 valence electrons. The molecule has 9 heteroatoms. The molecule has 0 amide bonds. The highest BCUT2D eigenvalue weighted by Crippen LogP contribution is 2.43. The topological polar surface area (TPSA) is 105 Å². The number of aliphatic hydroxyl groups is 1. The second kappa shape index (κ2) is 8.17. The minimum absolute atomic E-state index is 0.154. The zero-order chi connectivity index (χ0) is 20.5. The first kappa shape index (κ1) is 19.9.